The van der Waals surface area contributed by atoms with Crippen LogP contribution >= 0.6 is 0 Å². The average molecular weight is 427 g/mol. The van der Waals surface area contributed by atoms with E-state index in [1.807, 2.05) is 5.32 Å². The van der Waals surface area contributed by atoms with E-state index in [0.717, 1.165) is 6.07 Å². The number of benzene rings is 1. The molecule has 8 nitrogen and oxygen atoms in total. The Hall–Kier alpha value is -3.37. The second-order valence-corrected chi connectivity index (χ2v) is 7.52. The lowest BCUT2D eigenvalue weighted by Gasteiger charge is -2.22. The van der Waals surface area contributed by atoms with Gasteiger partial charge in [-0.2, -0.15) is 18.3 Å². The molecule has 1 aromatic carbocycles. The van der Waals surface area contributed by atoms with Crippen molar-refractivity contribution in [1.82, 2.24) is 15.1 Å². The van der Waals surface area contributed by atoms with Crippen LogP contribution in [-0.4, -0.2) is 38.4 Å². The number of carboxylic acids is 1. The summed E-state index contributed by atoms with van der Waals surface area (Å²) in [5.41, 5.74) is -4.17. The van der Waals surface area contributed by atoms with Gasteiger partial charge >= 0.3 is 12.1 Å². The summed E-state index contributed by atoms with van der Waals surface area (Å²) in [7, 11) is 0. The van der Waals surface area contributed by atoms with Crippen LogP contribution in [0.1, 0.15) is 48.0 Å². The number of carbonyl (C=O) groups excluding carboxylic acids is 1. The van der Waals surface area contributed by atoms with E-state index < -0.39 is 59.0 Å². The molecule has 0 atom stereocenters. The highest BCUT2D eigenvalue weighted by atomic mass is 19.4. The van der Waals surface area contributed by atoms with Crippen LogP contribution < -0.4 is 10.9 Å². The van der Waals surface area contributed by atoms with E-state index in [4.69, 9.17) is 5.11 Å². The molecule has 0 bridgehead atoms. The number of amides is 1. The van der Waals surface area contributed by atoms with Crippen molar-refractivity contribution in [3.8, 4) is 5.75 Å². The molecule has 1 aromatic heterocycles. The van der Waals surface area contributed by atoms with Gasteiger partial charge in [-0.05, 0) is 11.6 Å². The first kappa shape index (κ1) is 22.9. The molecule has 162 valence electrons. The average Bonchev–Trinajstić information content (AvgIpc) is 2.61. The zero-order chi connectivity index (χ0) is 22.9. The quantitative estimate of drug-likeness (QED) is 0.672. The molecular weight excluding hydrogens is 407 g/mol. The van der Waals surface area contributed by atoms with Crippen LogP contribution in [0.5, 0.6) is 5.75 Å². The van der Waals surface area contributed by atoms with Gasteiger partial charge in [0, 0.05) is 5.41 Å². The Labute approximate surface area is 169 Å². The minimum Gasteiger partial charge on any atom is -0.505 e. The Morgan fingerprint density at radius 1 is 1.17 bits per heavy atom. The molecule has 0 radical (unpaired) electrons. The highest BCUT2D eigenvalue weighted by molar-refractivity contribution is 5.98. The summed E-state index contributed by atoms with van der Waals surface area (Å²) in [6.45, 7) is 3.42. The first-order valence-corrected chi connectivity index (χ1v) is 8.73. The Bertz CT molecular complexity index is 1040. The van der Waals surface area contributed by atoms with E-state index in [1.165, 1.54) is 18.2 Å². The van der Waals surface area contributed by atoms with Crippen LogP contribution in [0.2, 0.25) is 0 Å². The minimum atomic E-state index is -4.67. The number of hydrogen-bond donors (Lipinski definition) is 3. The monoisotopic (exact) mass is 427 g/mol. The van der Waals surface area contributed by atoms with E-state index in [0.29, 0.717) is 4.68 Å². The first-order chi connectivity index (χ1) is 13.7. The van der Waals surface area contributed by atoms with E-state index >= 15 is 0 Å². The summed E-state index contributed by atoms with van der Waals surface area (Å²) in [5, 5.41) is 25.1. The number of aromatic nitrogens is 2. The standard InChI is InChI=1S/C19H20F3N3O5/c1-18(2,3)15-14(28)13(16(29)23-8-12(26)27)17(30)25(24-15)9-10-6-4-5-7-11(10)19(20,21)22/h4-7,28H,8-9H2,1-3H3,(H,23,29)(H,26,27). The molecule has 0 saturated carbocycles. The fourth-order valence-electron chi connectivity index (χ4n) is 2.72. The molecule has 2 rings (SSSR count). The van der Waals surface area contributed by atoms with Crippen LogP contribution in [0, 0.1) is 0 Å². The van der Waals surface area contributed by atoms with Crippen molar-refractivity contribution in [3.63, 3.8) is 0 Å². The van der Waals surface area contributed by atoms with E-state index in [1.54, 1.807) is 20.8 Å². The number of halogens is 3. The lowest BCUT2D eigenvalue weighted by molar-refractivity contribution is -0.138. The second kappa shape index (κ2) is 8.17. The summed E-state index contributed by atoms with van der Waals surface area (Å²) in [6.07, 6.45) is -4.67. The van der Waals surface area contributed by atoms with Crippen molar-refractivity contribution < 1.29 is 33.0 Å². The van der Waals surface area contributed by atoms with E-state index in [-0.39, 0.29) is 11.3 Å². The molecule has 0 saturated heterocycles. The topological polar surface area (TPSA) is 122 Å². The molecule has 0 spiro atoms. The molecule has 0 aliphatic carbocycles. The normalized spacial score (nSPS) is 11.9. The second-order valence-electron chi connectivity index (χ2n) is 7.52. The maximum Gasteiger partial charge on any atom is 0.416 e. The molecule has 0 fully saturated rings. The zero-order valence-corrected chi connectivity index (χ0v) is 16.4. The van der Waals surface area contributed by atoms with Gasteiger partial charge in [0.15, 0.2) is 5.75 Å². The summed E-state index contributed by atoms with van der Waals surface area (Å²) in [6, 6.07) is 4.59. The fraction of sp³-hybridized carbons (Fsp3) is 0.368. The van der Waals surface area contributed by atoms with Crippen molar-refractivity contribution in [3.05, 3.63) is 57.0 Å². The lowest BCUT2D eigenvalue weighted by Crippen LogP contribution is -2.38. The van der Waals surface area contributed by atoms with Gasteiger partial charge < -0.3 is 15.5 Å². The highest BCUT2D eigenvalue weighted by Gasteiger charge is 2.34. The molecular formula is C19H20F3N3O5. The molecule has 1 amide bonds. The van der Waals surface area contributed by atoms with Crippen molar-refractivity contribution in [2.75, 3.05) is 6.54 Å². The van der Waals surface area contributed by atoms with Crippen LogP contribution in [0.3, 0.4) is 0 Å². The molecule has 3 N–H and O–H groups in total. The van der Waals surface area contributed by atoms with Gasteiger partial charge in [-0.1, -0.05) is 39.0 Å². The SMILES string of the molecule is CC(C)(C)c1nn(Cc2ccccc2C(F)(F)F)c(=O)c(C(=O)NCC(=O)O)c1O. The molecule has 0 aliphatic heterocycles. The predicted octanol–water partition coefficient (Wildman–Crippen LogP) is 2.13. The maximum absolute atomic E-state index is 13.3. The summed E-state index contributed by atoms with van der Waals surface area (Å²) < 4.78 is 40.6. The van der Waals surface area contributed by atoms with E-state index in [9.17, 15) is 32.7 Å². The highest BCUT2D eigenvalue weighted by Crippen LogP contribution is 2.33. The van der Waals surface area contributed by atoms with Crippen LogP contribution in [0.25, 0.3) is 0 Å². The lowest BCUT2D eigenvalue weighted by atomic mass is 9.90. The molecule has 0 aliphatic rings. The molecule has 1 heterocycles. The van der Waals surface area contributed by atoms with Gasteiger partial charge in [-0.25, -0.2) is 4.68 Å². The zero-order valence-electron chi connectivity index (χ0n) is 16.4. The summed E-state index contributed by atoms with van der Waals surface area (Å²) >= 11 is 0. The van der Waals surface area contributed by atoms with Gasteiger partial charge in [0.25, 0.3) is 11.5 Å². The Balaban J connectivity index is 2.67. The smallest absolute Gasteiger partial charge is 0.416 e. The van der Waals surface area contributed by atoms with Crippen molar-refractivity contribution in [2.45, 2.75) is 38.9 Å². The van der Waals surface area contributed by atoms with Crippen molar-refractivity contribution >= 4 is 11.9 Å². The van der Waals surface area contributed by atoms with Crippen LogP contribution in [0.15, 0.2) is 29.1 Å². The number of alkyl halides is 3. The largest absolute Gasteiger partial charge is 0.505 e. The number of aromatic hydroxyl groups is 1. The summed E-state index contributed by atoms with van der Waals surface area (Å²) in [4.78, 5) is 35.8. The Kier molecular flexibility index (Phi) is 6.24. The number of carboxylic acid groups (broad SMARTS) is 1. The third-order valence-corrected chi connectivity index (χ3v) is 4.11. The number of nitrogens with zero attached hydrogens (tertiary/aromatic N) is 2. The third kappa shape index (κ3) is 4.97. The minimum absolute atomic E-state index is 0.105. The number of rotatable bonds is 5. The van der Waals surface area contributed by atoms with Gasteiger partial charge in [0.1, 0.15) is 17.8 Å². The molecule has 30 heavy (non-hydrogen) atoms. The van der Waals surface area contributed by atoms with Gasteiger partial charge in [-0.3, -0.25) is 14.4 Å². The molecule has 2 aromatic rings. The number of nitrogens with one attached hydrogen (secondary N) is 1. The molecule has 0 unspecified atom stereocenters. The van der Waals surface area contributed by atoms with Gasteiger partial charge in [0.05, 0.1) is 12.1 Å². The molecule has 11 heteroatoms. The number of carbonyl (C=O) groups is 2. The predicted molar refractivity (Wildman–Crippen MR) is 99.4 cm³/mol. The number of aliphatic carboxylic acids is 1. The Morgan fingerprint density at radius 2 is 1.77 bits per heavy atom. The first-order valence-electron chi connectivity index (χ1n) is 8.73. The maximum atomic E-state index is 13.3. The van der Waals surface area contributed by atoms with E-state index in [2.05, 4.69) is 5.10 Å². The number of hydrogen-bond acceptors (Lipinski definition) is 5. The fourth-order valence-corrected chi connectivity index (χ4v) is 2.72. The van der Waals surface area contributed by atoms with Gasteiger partial charge in [0.2, 0.25) is 0 Å². The Morgan fingerprint density at radius 3 is 2.30 bits per heavy atom. The summed E-state index contributed by atoms with van der Waals surface area (Å²) in [5.74, 6) is -3.31. The van der Waals surface area contributed by atoms with Crippen LogP contribution in [0.4, 0.5) is 13.2 Å². The van der Waals surface area contributed by atoms with Gasteiger partial charge in [-0.15, -0.1) is 0 Å². The third-order valence-electron chi connectivity index (χ3n) is 4.11. The van der Waals surface area contributed by atoms with Crippen molar-refractivity contribution in [2.24, 2.45) is 0 Å². The van der Waals surface area contributed by atoms with Crippen LogP contribution in [-0.2, 0) is 22.9 Å². The van der Waals surface area contributed by atoms with Crippen molar-refractivity contribution in [1.29, 1.82) is 0 Å².